The first-order chi connectivity index (χ1) is 7.44. The van der Waals surface area contributed by atoms with Gasteiger partial charge in [0.2, 0.25) is 0 Å². The number of hydrogen-bond donors (Lipinski definition) is 1. The van der Waals surface area contributed by atoms with Gasteiger partial charge in [-0.1, -0.05) is 41.5 Å². The summed E-state index contributed by atoms with van der Waals surface area (Å²) in [5, 5.41) is 10.7. The van der Waals surface area contributed by atoms with E-state index in [9.17, 15) is 5.11 Å². The second kappa shape index (κ2) is 5.13. The highest BCUT2D eigenvalue weighted by Gasteiger charge is 2.28. The van der Waals surface area contributed by atoms with Crippen LogP contribution in [-0.4, -0.2) is 5.11 Å². The van der Waals surface area contributed by atoms with Crippen molar-refractivity contribution in [2.24, 2.45) is 0 Å². The highest BCUT2D eigenvalue weighted by molar-refractivity contribution is 5.26. The van der Waals surface area contributed by atoms with E-state index < -0.39 is 5.60 Å². The van der Waals surface area contributed by atoms with Crippen molar-refractivity contribution in [3.63, 3.8) is 0 Å². The fourth-order valence-corrected chi connectivity index (χ4v) is 2.01. The normalized spacial score (nSPS) is 11.2. The standard InChI is InChI=1S/C15H20O/c1-12(2)10-15(16,11-13(3)4)14-8-6-5-7-9-14/h5-9,16H,1,3,10-11H2,2,4H3. The Balaban J connectivity index is 3.04. The first-order valence-corrected chi connectivity index (χ1v) is 5.51. The van der Waals surface area contributed by atoms with Gasteiger partial charge in [-0.3, -0.25) is 0 Å². The molecule has 1 aromatic carbocycles. The van der Waals surface area contributed by atoms with Crippen molar-refractivity contribution in [2.75, 3.05) is 0 Å². The summed E-state index contributed by atoms with van der Waals surface area (Å²) in [7, 11) is 0. The van der Waals surface area contributed by atoms with Gasteiger partial charge in [-0.25, -0.2) is 0 Å². The average molecular weight is 216 g/mol. The average Bonchev–Trinajstić information content (AvgIpc) is 2.16. The summed E-state index contributed by atoms with van der Waals surface area (Å²) >= 11 is 0. The van der Waals surface area contributed by atoms with Crippen LogP contribution < -0.4 is 0 Å². The molecule has 0 radical (unpaired) electrons. The Morgan fingerprint density at radius 1 is 1.06 bits per heavy atom. The second-order valence-corrected chi connectivity index (χ2v) is 4.67. The fourth-order valence-electron chi connectivity index (χ4n) is 2.01. The van der Waals surface area contributed by atoms with Crippen LogP contribution >= 0.6 is 0 Å². The van der Waals surface area contributed by atoms with Crippen LogP contribution in [0.5, 0.6) is 0 Å². The van der Waals surface area contributed by atoms with Crippen molar-refractivity contribution in [3.05, 3.63) is 60.2 Å². The van der Waals surface area contributed by atoms with E-state index in [0.29, 0.717) is 12.8 Å². The van der Waals surface area contributed by atoms with E-state index in [1.54, 1.807) is 0 Å². The summed E-state index contributed by atoms with van der Waals surface area (Å²) < 4.78 is 0. The molecule has 0 heterocycles. The predicted octanol–water partition coefficient (Wildman–Crippen LogP) is 3.81. The Morgan fingerprint density at radius 3 is 1.88 bits per heavy atom. The van der Waals surface area contributed by atoms with Crippen molar-refractivity contribution in [3.8, 4) is 0 Å². The van der Waals surface area contributed by atoms with E-state index in [4.69, 9.17) is 0 Å². The summed E-state index contributed by atoms with van der Waals surface area (Å²) in [5.41, 5.74) is 2.03. The Bertz CT molecular complexity index is 360. The lowest BCUT2D eigenvalue weighted by Gasteiger charge is -2.29. The lowest BCUT2D eigenvalue weighted by molar-refractivity contribution is 0.0375. The summed E-state index contributed by atoms with van der Waals surface area (Å²) in [4.78, 5) is 0. The summed E-state index contributed by atoms with van der Waals surface area (Å²) in [5.74, 6) is 0. The Hall–Kier alpha value is -1.34. The van der Waals surface area contributed by atoms with E-state index in [2.05, 4.69) is 13.2 Å². The van der Waals surface area contributed by atoms with Crippen molar-refractivity contribution in [2.45, 2.75) is 32.3 Å². The first kappa shape index (κ1) is 12.7. The molecule has 1 heteroatoms. The minimum absolute atomic E-state index is 0.573. The van der Waals surface area contributed by atoms with Crippen LogP contribution in [0.4, 0.5) is 0 Å². The van der Waals surface area contributed by atoms with Gasteiger partial charge in [0, 0.05) is 12.8 Å². The lowest BCUT2D eigenvalue weighted by atomic mass is 9.83. The van der Waals surface area contributed by atoms with E-state index in [1.165, 1.54) is 0 Å². The maximum atomic E-state index is 10.7. The summed E-state index contributed by atoms with van der Waals surface area (Å²) in [6.07, 6.45) is 1.15. The molecule has 0 amide bonds. The molecule has 1 rings (SSSR count). The number of aliphatic hydroxyl groups is 1. The third-order valence-electron chi connectivity index (χ3n) is 2.50. The quantitative estimate of drug-likeness (QED) is 0.742. The number of hydrogen-bond acceptors (Lipinski definition) is 1. The van der Waals surface area contributed by atoms with Crippen LogP contribution in [0.25, 0.3) is 0 Å². The largest absolute Gasteiger partial charge is 0.384 e. The summed E-state index contributed by atoms with van der Waals surface area (Å²) in [6, 6.07) is 9.73. The van der Waals surface area contributed by atoms with Crippen molar-refractivity contribution in [1.82, 2.24) is 0 Å². The van der Waals surface area contributed by atoms with Crippen LogP contribution in [0.2, 0.25) is 0 Å². The van der Waals surface area contributed by atoms with Gasteiger partial charge in [0.15, 0.2) is 0 Å². The SMILES string of the molecule is C=C(C)CC(O)(CC(=C)C)c1ccccc1. The zero-order chi connectivity index (χ0) is 12.2. The van der Waals surface area contributed by atoms with Gasteiger partial charge in [-0.05, 0) is 19.4 Å². The van der Waals surface area contributed by atoms with E-state index in [1.807, 2.05) is 44.2 Å². The minimum Gasteiger partial charge on any atom is -0.384 e. The van der Waals surface area contributed by atoms with Crippen LogP contribution in [0, 0.1) is 0 Å². The molecule has 16 heavy (non-hydrogen) atoms. The zero-order valence-electron chi connectivity index (χ0n) is 10.2. The molecule has 0 fully saturated rings. The zero-order valence-corrected chi connectivity index (χ0v) is 10.2. The van der Waals surface area contributed by atoms with Gasteiger partial charge in [0.25, 0.3) is 0 Å². The molecule has 0 aliphatic heterocycles. The molecule has 0 atom stereocenters. The first-order valence-electron chi connectivity index (χ1n) is 5.51. The van der Waals surface area contributed by atoms with Crippen molar-refractivity contribution < 1.29 is 5.11 Å². The molecule has 1 N–H and O–H groups in total. The Kier molecular flexibility index (Phi) is 4.08. The molecular weight excluding hydrogens is 196 g/mol. The molecule has 0 saturated heterocycles. The van der Waals surface area contributed by atoms with Gasteiger partial charge in [0.1, 0.15) is 0 Å². The van der Waals surface area contributed by atoms with Gasteiger partial charge in [-0.15, -0.1) is 13.2 Å². The third kappa shape index (κ3) is 3.35. The topological polar surface area (TPSA) is 20.2 Å². The van der Waals surface area contributed by atoms with E-state index in [-0.39, 0.29) is 0 Å². The van der Waals surface area contributed by atoms with Crippen LogP contribution in [0.3, 0.4) is 0 Å². The fraction of sp³-hybridized carbons (Fsp3) is 0.333. The van der Waals surface area contributed by atoms with Gasteiger partial charge >= 0.3 is 0 Å². The molecule has 0 unspecified atom stereocenters. The lowest BCUT2D eigenvalue weighted by Crippen LogP contribution is -2.26. The Morgan fingerprint density at radius 2 is 1.50 bits per heavy atom. The minimum atomic E-state index is -0.862. The molecule has 86 valence electrons. The molecular formula is C15H20O. The van der Waals surface area contributed by atoms with Crippen molar-refractivity contribution in [1.29, 1.82) is 0 Å². The van der Waals surface area contributed by atoms with Gasteiger partial charge in [0.05, 0.1) is 5.60 Å². The molecule has 0 aliphatic carbocycles. The molecule has 0 bridgehead atoms. The molecule has 1 nitrogen and oxygen atoms in total. The van der Waals surface area contributed by atoms with Gasteiger partial charge < -0.3 is 5.11 Å². The molecule has 1 aromatic rings. The highest BCUT2D eigenvalue weighted by atomic mass is 16.3. The summed E-state index contributed by atoms with van der Waals surface area (Å²) in [6.45, 7) is 11.6. The van der Waals surface area contributed by atoms with E-state index in [0.717, 1.165) is 16.7 Å². The Labute approximate surface area is 98.1 Å². The van der Waals surface area contributed by atoms with E-state index >= 15 is 0 Å². The molecule has 0 saturated carbocycles. The smallest absolute Gasteiger partial charge is 0.0969 e. The number of rotatable bonds is 5. The van der Waals surface area contributed by atoms with Crippen molar-refractivity contribution >= 4 is 0 Å². The maximum Gasteiger partial charge on any atom is 0.0969 e. The third-order valence-corrected chi connectivity index (χ3v) is 2.50. The molecule has 0 aromatic heterocycles. The maximum absolute atomic E-state index is 10.7. The number of benzene rings is 1. The molecule has 0 aliphatic rings. The highest BCUT2D eigenvalue weighted by Crippen LogP contribution is 2.33. The predicted molar refractivity (Wildman–Crippen MR) is 69.2 cm³/mol. The monoisotopic (exact) mass is 216 g/mol. The van der Waals surface area contributed by atoms with Gasteiger partial charge in [-0.2, -0.15) is 0 Å². The van der Waals surface area contributed by atoms with Crippen LogP contribution in [0.1, 0.15) is 32.3 Å². The van der Waals surface area contributed by atoms with Crippen LogP contribution in [-0.2, 0) is 5.60 Å². The van der Waals surface area contributed by atoms with Crippen LogP contribution in [0.15, 0.2) is 54.6 Å². The molecule has 0 spiro atoms. The second-order valence-electron chi connectivity index (χ2n) is 4.67.